The Morgan fingerprint density at radius 1 is 0.592 bits per heavy atom. The monoisotopic (exact) mass is 634 g/mol. The third-order valence-corrected chi connectivity index (χ3v) is 11.4. The van der Waals surface area contributed by atoms with Crippen molar-refractivity contribution in [3.05, 3.63) is 145 Å². The number of hydrogen-bond acceptors (Lipinski definition) is 3. The molecule has 5 aromatic carbocycles. The number of nitrogens with zero attached hydrogens (tertiary/aromatic N) is 4. The molecule has 1 aliphatic heterocycles. The lowest BCUT2D eigenvalue weighted by molar-refractivity contribution is 0.276. The molecule has 49 heavy (non-hydrogen) atoms. The van der Waals surface area contributed by atoms with E-state index in [4.69, 9.17) is 14.5 Å². The molecular formula is C44H34N4O. The molecule has 0 aliphatic carbocycles. The normalized spacial score (nSPS) is 14.9. The zero-order chi connectivity index (χ0) is 33.1. The summed E-state index contributed by atoms with van der Waals surface area (Å²) in [5, 5.41) is 9.57. The number of fused-ring (bicyclic) bond motifs is 9. The molecule has 0 fully saturated rings. The summed E-state index contributed by atoms with van der Waals surface area (Å²) in [6.45, 7) is 9.44. The number of aromatic nitrogens is 4. The Balaban J connectivity index is 1.23. The second-order valence-electron chi connectivity index (χ2n) is 14.4. The SMILES string of the molecule is CC1(C)c2ccc(-c3cccc4oc5cc6c7ccccc7n(-c7ccccn7)c6cc5c34)cc2-n2ncc(-c3ccccc3)c2C1(C)C. The van der Waals surface area contributed by atoms with Crippen LogP contribution in [-0.4, -0.2) is 19.3 Å². The summed E-state index contributed by atoms with van der Waals surface area (Å²) in [4.78, 5) is 4.75. The standard InChI is InChI=1S/C44H34N4O/c1-43(2)34-21-20-28(23-37(34)48-42(44(43,3)4)33(26-46-48)27-13-6-5-7-14-27)29-16-12-18-38-41(29)32-24-36-31(25-39(32)49-38)30-15-8-9-17-35(30)47(36)40-19-10-11-22-45-40/h5-26H,1-4H3. The zero-order valence-corrected chi connectivity index (χ0v) is 27.9. The highest BCUT2D eigenvalue weighted by Gasteiger charge is 2.48. The molecule has 236 valence electrons. The molecule has 5 heteroatoms. The van der Waals surface area contributed by atoms with Crippen LogP contribution in [0.2, 0.25) is 0 Å². The van der Waals surface area contributed by atoms with Crippen molar-refractivity contribution in [1.82, 2.24) is 19.3 Å². The first-order valence-electron chi connectivity index (χ1n) is 16.9. The first-order valence-corrected chi connectivity index (χ1v) is 16.9. The number of hydrogen-bond donors (Lipinski definition) is 0. The number of rotatable bonds is 3. The van der Waals surface area contributed by atoms with Gasteiger partial charge in [-0.2, -0.15) is 5.10 Å². The Hall–Kier alpha value is -5.94. The van der Waals surface area contributed by atoms with Crippen LogP contribution in [0, 0.1) is 0 Å². The van der Waals surface area contributed by atoms with Gasteiger partial charge in [-0.15, -0.1) is 0 Å². The quantitative estimate of drug-likeness (QED) is 0.194. The van der Waals surface area contributed by atoms with Crippen LogP contribution in [0.25, 0.3) is 77.5 Å². The number of benzene rings is 5. The van der Waals surface area contributed by atoms with Gasteiger partial charge in [0, 0.05) is 44.1 Å². The third kappa shape index (κ3) is 3.76. The van der Waals surface area contributed by atoms with Crippen molar-refractivity contribution in [2.24, 2.45) is 0 Å². The van der Waals surface area contributed by atoms with Crippen molar-refractivity contribution >= 4 is 43.7 Å². The van der Waals surface area contributed by atoms with E-state index in [-0.39, 0.29) is 10.8 Å². The summed E-state index contributed by atoms with van der Waals surface area (Å²) < 4.78 is 11.1. The van der Waals surface area contributed by atoms with Gasteiger partial charge in [-0.3, -0.25) is 4.57 Å². The highest BCUT2D eigenvalue weighted by atomic mass is 16.3. The van der Waals surface area contributed by atoms with E-state index >= 15 is 0 Å². The average Bonchev–Trinajstić information content (AvgIpc) is 3.83. The molecule has 1 aliphatic rings. The van der Waals surface area contributed by atoms with E-state index in [1.807, 2.05) is 24.5 Å². The lowest BCUT2D eigenvalue weighted by Crippen LogP contribution is -2.46. The van der Waals surface area contributed by atoms with Crippen molar-refractivity contribution in [2.45, 2.75) is 38.5 Å². The van der Waals surface area contributed by atoms with E-state index in [1.54, 1.807) is 0 Å². The van der Waals surface area contributed by atoms with E-state index in [9.17, 15) is 0 Å². The van der Waals surface area contributed by atoms with Gasteiger partial charge in [0.25, 0.3) is 0 Å². The second-order valence-corrected chi connectivity index (χ2v) is 14.4. The molecule has 0 spiro atoms. The van der Waals surface area contributed by atoms with Crippen molar-refractivity contribution in [3.63, 3.8) is 0 Å². The topological polar surface area (TPSA) is 48.8 Å². The first kappa shape index (κ1) is 28.1. The maximum absolute atomic E-state index is 6.63. The highest BCUT2D eigenvalue weighted by molar-refractivity contribution is 6.19. The minimum absolute atomic E-state index is 0.140. The summed E-state index contributed by atoms with van der Waals surface area (Å²) >= 11 is 0. The van der Waals surface area contributed by atoms with Gasteiger partial charge in [0.1, 0.15) is 17.0 Å². The number of furan rings is 1. The number of para-hydroxylation sites is 1. The molecule has 0 saturated carbocycles. The van der Waals surface area contributed by atoms with Gasteiger partial charge in [0.05, 0.1) is 28.6 Å². The maximum atomic E-state index is 6.63. The molecule has 0 amide bonds. The van der Waals surface area contributed by atoms with Crippen molar-refractivity contribution < 1.29 is 4.42 Å². The summed E-state index contributed by atoms with van der Waals surface area (Å²) in [5.41, 5.74) is 12.0. The summed E-state index contributed by atoms with van der Waals surface area (Å²) in [6.07, 6.45) is 3.90. The average molecular weight is 635 g/mol. The van der Waals surface area contributed by atoms with Gasteiger partial charge in [-0.1, -0.05) is 107 Å². The number of pyridine rings is 1. The van der Waals surface area contributed by atoms with Crippen LogP contribution in [0.4, 0.5) is 0 Å². The molecule has 5 heterocycles. The summed E-state index contributed by atoms with van der Waals surface area (Å²) in [5.74, 6) is 0.895. The fraction of sp³-hybridized carbons (Fsp3) is 0.136. The van der Waals surface area contributed by atoms with E-state index in [1.165, 1.54) is 27.8 Å². The van der Waals surface area contributed by atoms with Gasteiger partial charge in [-0.05, 0) is 64.7 Å². The molecule has 4 aromatic heterocycles. The Kier molecular flexibility index (Phi) is 5.62. The van der Waals surface area contributed by atoms with Crippen molar-refractivity contribution in [2.75, 3.05) is 0 Å². The molecule has 0 N–H and O–H groups in total. The van der Waals surface area contributed by atoms with Gasteiger partial charge >= 0.3 is 0 Å². The first-order chi connectivity index (χ1) is 23.8. The van der Waals surface area contributed by atoms with Crippen LogP contribution >= 0.6 is 0 Å². The van der Waals surface area contributed by atoms with Gasteiger partial charge in [0.15, 0.2) is 0 Å². The van der Waals surface area contributed by atoms with E-state index in [0.29, 0.717) is 0 Å². The predicted molar refractivity (Wildman–Crippen MR) is 200 cm³/mol. The highest BCUT2D eigenvalue weighted by Crippen LogP contribution is 2.53. The fourth-order valence-electron chi connectivity index (χ4n) is 8.26. The zero-order valence-electron chi connectivity index (χ0n) is 27.9. The molecule has 0 saturated heterocycles. The lowest BCUT2D eigenvalue weighted by Gasteiger charge is -2.47. The molecule has 0 radical (unpaired) electrons. The van der Waals surface area contributed by atoms with E-state index in [0.717, 1.165) is 61.0 Å². The van der Waals surface area contributed by atoms with Crippen LogP contribution in [-0.2, 0) is 10.8 Å². The van der Waals surface area contributed by atoms with Gasteiger partial charge < -0.3 is 4.42 Å². The largest absolute Gasteiger partial charge is 0.456 e. The van der Waals surface area contributed by atoms with E-state index in [2.05, 4.69) is 146 Å². The molecular weight excluding hydrogens is 601 g/mol. The van der Waals surface area contributed by atoms with Crippen molar-refractivity contribution in [1.29, 1.82) is 0 Å². The molecule has 0 bridgehead atoms. The Labute approximate surface area is 284 Å². The summed E-state index contributed by atoms with van der Waals surface area (Å²) in [6, 6.07) is 43.0. The summed E-state index contributed by atoms with van der Waals surface area (Å²) in [7, 11) is 0. The van der Waals surface area contributed by atoms with Crippen LogP contribution in [0.15, 0.2) is 138 Å². The van der Waals surface area contributed by atoms with Crippen LogP contribution in [0.3, 0.4) is 0 Å². The third-order valence-electron chi connectivity index (χ3n) is 11.4. The van der Waals surface area contributed by atoms with E-state index < -0.39 is 0 Å². The Morgan fingerprint density at radius 3 is 2.24 bits per heavy atom. The second kappa shape index (κ2) is 9.80. The van der Waals surface area contributed by atoms with Crippen LogP contribution in [0.1, 0.15) is 39.0 Å². The minimum Gasteiger partial charge on any atom is -0.456 e. The lowest BCUT2D eigenvalue weighted by atomic mass is 9.59. The molecule has 10 rings (SSSR count). The fourth-order valence-corrected chi connectivity index (χ4v) is 8.26. The Morgan fingerprint density at radius 2 is 1.41 bits per heavy atom. The molecule has 5 nitrogen and oxygen atoms in total. The molecule has 9 aromatic rings. The maximum Gasteiger partial charge on any atom is 0.137 e. The molecule has 0 unspecified atom stereocenters. The minimum atomic E-state index is -0.165. The van der Waals surface area contributed by atoms with Gasteiger partial charge in [-0.25, -0.2) is 9.67 Å². The van der Waals surface area contributed by atoms with Gasteiger partial charge in [0.2, 0.25) is 0 Å². The smallest absolute Gasteiger partial charge is 0.137 e. The van der Waals surface area contributed by atoms with Crippen LogP contribution in [0.5, 0.6) is 0 Å². The molecule has 0 atom stereocenters. The Bertz CT molecular complexity index is 2760. The van der Waals surface area contributed by atoms with Crippen molar-refractivity contribution in [3.8, 4) is 33.8 Å². The van der Waals surface area contributed by atoms with Crippen LogP contribution < -0.4 is 0 Å². The predicted octanol–water partition coefficient (Wildman–Crippen LogP) is 11.2.